The first-order valence-corrected chi connectivity index (χ1v) is 11.7. The number of imidazole rings is 1. The first-order chi connectivity index (χ1) is 16.5. The Kier molecular flexibility index (Phi) is 6.14. The van der Waals surface area contributed by atoms with Crippen LogP contribution in [0.25, 0.3) is 33.4 Å². The quantitative estimate of drug-likeness (QED) is 0.246. The molecule has 0 atom stereocenters. The van der Waals surface area contributed by atoms with Gasteiger partial charge in [-0.25, -0.2) is 9.78 Å². The van der Waals surface area contributed by atoms with Gasteiger partial charge in [0, 0.05) is 32.1 Å². The van der Waals surface area contributed by atoms with Crippen LogP contribution in [0.5, 0.6) is 0 Å². The summed E-state index contributed by atoms with van der Waals surface area (Å²) in [5, 5.41) is 2.14. The molecule has 0 amide bonds. The summed E-state index contributed by atoms with van der Waals surface area (Å²) >= 11 is 12.3. The molecule has 0 bridgehead atoms. The molecule has 0 saturated carbocycles. The molecule has 5 nitrogen and oxygen atoms in total. The number of nitrogens with zero attached hydrogens (tertiary/aromatic N) is 1. The highest BCUT2D eigenvalue weighted by Crippen LogP contribution is 2.39. The Morgan fingerprint density at radius 1 is 1.00 bits per heavy atom. The summed E-state index contributed by atoms with van der Waals surface area (Å²) < 4.78 is 5.34. The minimum Gasteiger partial charge on any atom is -0.461 e. The maximum Gasteiger partial charge on any atom is 0.355 e. The molecule has 0 unspecified atom stereocenters. The lowest BCUT2D eigenvalue weighted by molar-refractivity contribution is 0.0521. The predicted molar refractivity (Wildman–Crippen MR) is 137 cm³/mol. The fourth-order valence-corrected chi connectivity index (χ4v) is 4.50. The molecule has 0 saturated heterocycles. The Hall–Kier alpha value is -3.54. The smallest absolute Gasteiger partial charge is 0.355 e. The normalized spacial score (nSPS) is 11.1. The number of halogens is 2. The fraction of sp³-hybridized carbons (Fsp3) is 0.111. The molecule has 0 aliphatic heterocycles. The lowest BCUT2D eigenvalue weighted by Crippen LogP contribution is -2.07. The maximum absolute atomic E-state index is 12.9. The van der Waals surface area contributed by atoms with Gasteiger partial charge in [0.15, 0.2) is 0 Å². The van der Waals surface area contributed by atoms with Crippen molar-refractivity contribution in [3.8, 4) is 22.5 Å². The van der Waals surface area contributed by atoms with Gasteiger partial charge in [-0.3, -0.25) is 0 Å². The number of aromatic nitrogens is 3. The lowest BCUT2D eigenvalue weighted by Gasteiger charge is -2.11. The summed E-state index contributed by atoms with van der Waals surface area (Å²) in [5.74, 6) is -0.431. The Morgan fingerprint density at radius 3 is 2.56 bits per heavy atom. The van der Waals surface area contributed by atoms with Crippen LogP contribution in [0, 0.1) is 0 Å². The lowest BCUT2D eigenvalue weighted by atomic mass is 9.95. The topological polar surface area (TPSA) is 70.8 Å². The third kappa shape index (κ3) is 4.20. The van der Waals surface area contributed by atoms with Crippen LogP contribution >= 0.6 is 23.2 Å². The van der Waals surface area contributed by atoms with E-state index in [1.165, 1.54) is 0 Å². The van der Waals surface area contributed by atoms with Gasteiger partial charge in [0.2, 0.25) is 0 Å². The second-order valence-electron chi connectivity index (χ2n) is 7.87. The predicted octanol–water partition coefficient (Wildman–Crippen LogP) is 7.30. The Morgan fingerprint density at radius 2 is 1.76 bits per heavy atom. The number of H-pyrrole nitrogens is 2. The zero-order chi connectivity index (χ0) is 23.7. The average Bonchev–Trinajstić information content (AvgIpc) is 3.45. The van der Waals surface area contributed by atoms with E-state index in [4.69, 9.17) is 27.9 Å². The Labute approximate surface area is 206 Å². The first-order valence-electron chi connectivity index (χ1n) is 10.9. The molecule has 34 heavy (non-hydrogen) atoms. The van der Waals surface area contributed by atoms with Gasteiger partial charge in [-0.1, -0.05) is 65.7 Å². The number of hydrogen-bond acceptors (Lipinski definition) is 3. The van der Waals surface area contributed by atoms with Crippen molar-refractivity contribution in [1.29, 1.82) is 0 Å². The Balaban J connectivity index is 1.66. The van der Waals surface area contributed by atoms with E-state index in [1.807, 2.05) is 48.5 Å². The van der Waals surface area contributed by atoms with Crippen LogP contribution in [0.15, 0.2) is 73.1 Å². The molecule has 0 spiro atoms. The van der Waals surface area contributed by atoms with Crippen molar-refractivity contribution in [1.82, 2.24) is 15.0 Å². The van der Waals surface area contributed by atoms with Crippen molar-refractivity contribution < 1.29 is 9.53 Å². The third-order valence-electron chi connectivity index (χ3n) is 5.71. The first kappa shape index (κ1) is 22.3. The second-order valence-corrected chi connectivity index (χ2v) is 8.74. The molecule has 5 rings (SSSR count). The zero-order valence-corrected chi connectivity index (χ0v) is 19.9. The molecule has 0 fully saturated rings. The minimum atomic E-state index is -0.431. The summed E-state index contributed by atoms with van der Waals surface area (Å²) in [5.41, 5.74) is 6.54. The van der Waals surface area contributed by atoms with Gasteiger partial charge in [0.1, 0.15) is 5.69 Å². The van der Waals surface area contributed by atoms with Crippen LogP contribution in [0.4, 0.5) is 0 Å². The van der Waals surface area contributed by atoms with E-state index in [2.05, 4.69) is 21.0 Å². The standard InChI is InChI=1S/C27H21Cl2N3O2/c1-2-34-27(33)26-23(21-12-11-19(29)14-22(21)32-26)25-24(30-15-31-25)20-6-4-3-5-17(20)13-16-7-9-18(28)10-8-16/h3-12,14-15,32H,2,13H2,1H3,(H,30,31). The third-order valence-corrected chi connectivity index (χ3v) is 6.20. The molecule has 2 N–H and O–H groups in total. The van der Waals surface area contributed by atoms with E-state index in [-0.39, 0.29) is 6.61 Å². The number of aromatic amines is 2. The van der Waals surface area contributed by atoms with Crippen LogP contribution in [0.2, 0.25) is 10.0 Å². The number of rotatable bonds is 6. The molecule has 2 aromatic heterocycles. The second kappa shape index (κ2) is 9.37. The summed E-state index contributed by atoms with van der Waals surface area (Å²) in [4.78, 5) is 24.0. The number of fused-ring (bicyclic) bond motifs is 1. The van der Waals surface area contributed by atoms with E-state index >= 15 is 0 Å². The molecular weight excluding hydrogens is 469 g/mol. The van der Waals surface area contributed by atoms with Crippen LogP contribution in [-0.2, 0) is 11.2 Å². The number of carbonyl (C=O) groups is 1. The van der Waals surface area contributed by atoms with Gasteiger partial charge in [0.05, 0.1) is 24.3 Å². The highest BCUT2D eigenvalue weighted by atomic mass is 35.5. The highest BCUT2D eigenvalue weighted by molar-refractivity contribution is 6.31. The summed E-state index contributed by atoms with van der Waals surface area (Å²) in [6, 6.07) is 21.5. The minimum absolute atomic E-state index is 0.272. The monoisotopic (exact) mass is 489 g/mol. The SMILES string of the molecule is CCOC(=O)c1[nH]c2cc(Cl)ccc2c1-c1[nH]cnc1-c1ccccc1Cc1ccc(Cl)cc1. The highest BCUT2D eigenvalue weighted by Gasteiger charge is 2.25. The molecule has 0 radical (unpaired) electrons. The molecule has 7 heteroatoms. The average molecular weight is 490 g/mol. The van der Waals surface area contributed by atoms with E-state index in [1.54, 1.807) is 25.4 Å². The molecular formula is C27H21Cl2N3O2. The molecule has 2 heterocycles. The Bertz CT molecular complexity index is 1490. The van der Waals surface area contributed by atoms with Crippen LogP contribution in [-0.4, -0.2) is 27.5 Å². The van der Waals surface area contributed by atoms with Gasteiger partial charge in [-0.2, -0.15) is 0 Å². The van der Waals surface area contributed by atoms with E-state index < -0.39 is 5.97 Å². The number of ether oxygens (including phenoxy) is 1. The van der Waals surface area contributed by atoms with E-state index in [9.17, 15) is 4.79 Å². The molecule has 0 aliphatic carbocycles. The zero-order valence-electron chi connectivity index (χ0n) is 18.4. The number of esters is 1. The maximum atomic E-state index is 12.9. The van der Waals surface area contributed by atoms with E-state index in [0.29, 0.717) is 27.7 Å². The summed E-state index contributed by atoms with van der Waals surface area (Å²) in [6.45, 7) is 2.06. The van der Waals surface area contributed by atoms with Crippen molar-refractivity contribution in [2.75, 3.05) is 6.61 Å². The van der Waals surface area contributed by atoms with Gasteiger partial charge in [-0.15, -0.1) is 0 Å². The van der Waals surface area contributed by atoms with E-state index in [0.717, 1.165) is 39.0 Å². The number of carbonyl (C=O) groups excluding carboxylic acids is 1. The van der Waals surface area contributed by atoms with Crippen molar-refractivity contribution in [2.24, 2.45) is 0 Å². The van der Waals surface area contributed by atoms with Crippen LogP contribution in [0.1, 0.15) is 28.5 Å². The van der Waals surface area contributed by atoms with Crippen molar-refractivity contribution >= 4 is 40.1 Å². The summed E-state index contributed by atoms with van der Waals surface area (Å²) in [6.07, 6.45) is 2.36. The molecule has 170 valence electrons. The van der Waals surface area contributed by atoms with Gasteiger partial charge in [-0.05, 0) is 48.7 Å². The van der Waals surface area contributed by atoms with Crippen molar-refractivity contribution in [3.05, 3.63) is 99.9 Å². The van der Waals surface area contributed by atoms with Crippen LogP contribution in [0.3, 0.4) is 0 Å². The van der Waals surface area contributed by atoms with Gasteiger partial charge in [0.25, 0.3) is 0 Å². The van der Waals surface area contributed by atoms with Gasteiger partial charge >= 0.3 is 5.97 Å². The van der Waals surface area contributed by atoms with Crippen molar-refractivity contribution in [3.63, 3.8) is 0 Å². The number of benzene rings is 3. The van der Waals surface area contributed by atoms with Crippen LogP contribution < -0.4 is 0 Å². The fourth-order valence-electron chi connectivity index (χ4n) is 4.20. The van der Waals surface area contributed by atoms with Gasteiger partial charge < -0.3 is 14.7 Å². The molecule has 5 aromatic rings. The van der Waals surface area contributed by atoms with Crippen molar-refractivity contribution in [2.45, 2.75) is 13.3 Å². The molecule has 3 aromatic carbocycles. The number of nitrogens with one attached hydrogen (secondary N) is 2. The summed E-state index contributed by atoms with van der Waals surface area (Å²) in [7, 11) is 0. The number of hydrogen-bond donors (Lipinski definition) is 2. The largest absolute Gasteiger partial charge is 0.461 e. The molecule has 0 aliphatic rings.